The van der Waals surface area contributed by atoms with Crippen molar-refractivity contribution in [1.82, 2.24) is 9.78 Å². The normalized spacial score (nSPS) is 10.8. The molecule has 0 spiro atoms. The van der Waals surface area contributed by atoms with Crippen molar-refractivity contribution >= 4 is 11.7 Å². The van der Waals surface area contributed by atoms with Crippen LogP contribution in [0.2, 0.25) is 0 Å². The number of carbonyl (C=O) groups is 1. The molecule has 0 aliphatic carbocycles. The summed E-state index contributed by atoms with van der Waals surface area (Å²) in [5.41, 5.74) is 1.37. The molecule has 2 aromatic rings. The van der Waals surface area contributed by atoms with Crippen molar-refractivity contribution in [3.8, 4) is 11.6 Å². The molecule has 23 heavy (non-hydrogen) atoms. The largest absolute Gasteiger partial charge is 0.407 e. The number of non-ortho nitro benzene ring substituents is 1. The van der Waals surface area contributed by atoms with Gasteiger partial charge in [-0.1, -0.05) is 20.8 Å². The average molecular weight is 317 g/mol. The van der Waals surface area contributed by atoms with Crippen LogP contribution in [0.3, 0.4) is 0 Å². The minimum absolute atomic E-state index is 0.00508. The van der Waals surface area contributed by atoms with Crippen molar-refractivity contribution in [2.45, 2.75) is 39.5 Å². The van der Waals surface area contributed by atoms with Gasteiger partial charge in [0, 0.05) is 24.6 Å². The van der Waals surface area contributed by atoms with Crippen LogP contribution in [0.15, 0.2) is 30.3 Å². The molecular formula is C16H19N3O4. The Hall–Kier alpha value is -2.70. The third-order valence-corrected chi connectivity index (χ3v) is 3.26. The molecular weight excluding hydrogens is 298 g/mol. The molecule has 122 valence electrons. The molecule has 0 radical (unpaired) electrons. The first-order valence-corrected chi connectivity index (χ1v) is 7.47. The second kappa shape index (κ2) is 7.04. The molecule has 0 fully saturated rings. The highest BCUT2D eigenvalue weighted by molar-refractivity contribution is 5.72. The van der Waals surface area contributed by atoms with E-state index < -0.39 is 4.92 Å². The van der Waals surface area contributed by atoms with E-state index in [9.17, 15) is 14.9 Å². The van der Waals surface area contributed by atoms with Crippen molar-refractivity contribution in [1.29, 1.82) is 0 Å². The standard InChI is InChI=1S/C16H19N3O4/c1-4-5-16(20)23-15-10-14(11(2)3)17-18(15)12-6-8-13(9-7-12)19(21)22/h6-11H,4-5H2,1-3H3. The molecule has 0 N–H and O–H groups in total. The summed E-state index contributed by atoms with van der Waals surface area (Å²) in [7, 11) is 0. The third kappa shape index (κ3) is 3.94. The average Bonchev–Trinajstić information content (AvgIpc) is 2.91. The Bertz CT molecular complexity index is 705. The lowest BCUT2D eigenvalue weighted by Gasteiger charge is -2.07. The molecule has 2 rings (SSSR count). The first-order valence-electron chi connectivity index (χ1n) is 7.47. The number of benzene rings is 1. The molecule has 1 aromatic heterocycles. The molecule has 0 saturated carbocycles. The predicted molar refractivity (Wildman–Crippen MR) is 84.9 cm³/mol. The van der Waals surface area contributed by atoms with Gasteiger partial charge in [-0.2, -0.15) is 5.10 Å². The molecule has 1 aromatic carbocycles. The number of rotatable bonds is 6. The van der Waals surface area contributed by atoms with Crippen molar-refractivity contribution in [3.05, 3.63) is 46.1 Å². The van der Waals surface area contributed by atoms with E-state index in [0.717, 1.165) is 5.69 Å². The summed E-state index contributed by atoms with van der Waals surface area (Å²) in [5.74, 6) is 0.157. The molecule has 1 heterocycles. The van der Waals surface area contributed by atoms with E-state index in [2.05, 4.69) is 5.10 Å². The van der Waals surface area contributed by atoms with Gasteiger partial charge in [0.15, 0.2) is 0 Å². The maximum atomic E-state index is 11.8. The first kappa shape index (κ1) is 16.7. The predicted octanol–water partition coefficient (Wildman–Crippen LogP) is 3.61. The monoisotopic (exact) mass is 317 g/mol. The van der Waals surface area contributed by atoms with Gasteiger partial charge in [-0.15, -0.1) is 0 Å². The highest BCUT2D eigenvalue weighted by Crippen LogP contribution is 2.25. The number of ether oxygens (including phenoxy) is 1. The van der Waals surface area contributed by atoms with Crippen molar-refractivity contribution in [2.75, 3.05) is 0 Å². The van der Waals surface area contributed by atoms with Crippen LogP contribution in [0, 0.1) is 10.1 Å². The number of nitro groups is 1. The number of hydrogen-bond donors (Lipinski definition) is 0. The molecule has 0 amide bonds. The van der Waals surface area contributed by atoms with Gasteiger partial charge < -0.3 is 4.74 Å². The maximum absolute atomic E-state index is 11.8. The highest BCUT2D eigenvalue weighted by atomic mass is 16.6. The number of nitro benzene ring substituents is 1. The van der Waals surface area contributed by atoms with E-state index in [0.29, 0.717) is 24.4 Å². The Balaban J connectivity index is 2.38. The van der Waals surface area contributed by atoms with E-state index >= 15 is 0 Å². The van der Waals surface area contributed by atoms with E-state index in [4.69, 9.17) is 4.74 Å². The zero-order chi connectivity index (χ0) is 17.0. The fourth-order valence-electron chi connectivity index (χ4n) is 2.01. The van der Waals surface area contributed by atoms with Crippen molar-refractivity contribution in [2.24, 2.45) is 0 Å². The summed E-state index contributed by atoms with van der Waals surface area (Å²) in [5, 5.41) is 15.2. The molecule has 0 bridgehead atoms. The second-order valence-corrected chi connectivity index (χ2v) is 5.47. The van der Waals surface area contributed by atoms with Gasteiger partial charge in [0.25, 0.3) is 5.69 Å². The maximum Gasteiger partial charge on any atom is 0.312 e. The second-order valence-electron chi connectivity index (χ2n) is 5.47. The smallest absolute Gasteiger partial charge is 0.312 e. The lowest BCUT2D eigenvalue weighted by Crippen LogP contribution is -2.10. The summed E-state index contributed by atoms with van der Waals surface area (Å²) in [6.07, 6.45) is 1.02. The van der Waals surface area contributed by atoms with Gasteiger partial charge in [-0.25, -0.2) is 4.68 Å². The van der Waals surface area contributed by atoms with Crippen LogP contribution < -0.4 is 4.74 Å². The zero-order valence-electron chi connectivity index (χ0n) is 13.4. The van der Waals surface area contributed by atoms with Crippen LogP contribution in [0.4, 0.5) is 5.69 Å². The number of nitrogens with zero attached hydrogens (tertiary/aromatic N) is 3. The molecule has 0 aliphatic rings. The van der Waals surface area contributed by atoms with Gasteiger partial charge in [0.05, 0.1) is 16.3 Å². The van der Waals surface area contributed by atoms with Crippen molar-refractivity contribution < 1.29 is 14.5 Å². The van der Waals surface area contributed by atoms with Crippen LogP contribution in [0.5, 0.6) is 5.88 Å². The molecule has 0 saturated heterocycles. The molecule has 7 heteroatoms. The van der Waals surface area contributed by atoms with E-state index in [1.54, 1.807) is 18.2 Å². The Kier molecular flexibility index (Phi) is 5.10. The first-order chi connectivity index (χ1) is 10.9. The van der Waals surface area contributed by atoms with Gasteiger partial charge in [0.1, 0.15) is 0 Å². The van der Waals surface area contributed by atoms with Crippen LogP contribution in [0.1, 0.15) is 45.2 Å². The molecule has 0 unspecified atom stereocenters. The topological polar surface area (TPSA) is 87.3 Å². The number of carbonyl (C=O) groups excluding carboxylic acids is 1. The van der Waals surface area contributed by atoms with Gasteiger partial charge >= 0.3 is 5.97 Å². The van der Waals surface area contributed by atoms with E-state index in [1.165, 1.54) is 16.8 Å². The fourth-order valence-corrected chi connectivity index (χ4v) is 2.01. The minimum atomic E-state index is -0.464. The summed E-state index contributed by atoms with van der Waals surface area (Å²) in [4.78, 5) is 22.0. The molecule has 7 nitrogen and oxygen atoms in total. The quantitative estimate of drug-likeness (QED) is 0.461. The number of esters is 1. The lowest BCUT2D eigenvalue weighted by molar-refractivity contribution is -0.384. The van der Waals surface area contributed by atoms with Gasteiger partial charge in [-0.05, 0) is 24.5 Å². The SMILES string of the molecule is CCCC(=O)Oc1cc(C(C)C)nn1-c1ccc([N+](=O)[O-])cc1. The highest BCUT2D eigenvalue weighted by Gasteiger charge is 2.16. The van der Waals surface area contributed by atoms with Gasteiger partial charge in [0.2, 0.25) is 5.88 Å². The van der Waals surface area contributed by atoms with E-state index in [-0.39, 0.29) is 17.6 Å². The summed E-state index contributed by atoms with van der Waals surface area (Å²) < 4.78 is 6.87. The molecule has 0 atom stereocenters. The number of hydrogen-bond acceptors (Lipinski definition) is 5. The van der Waals surface area contributed by atoms with Crippen LogP contribution in [0.25, 0.3) is 5.69 Å². The summed E-state index contributed by atoms with van der Waals surface area (Å²) >= 11 is 0. The Labute approximate surface area is 134 Å². The summed E-state index contributed by atoms with van der Waals surface area (Å²) in [6.45, 7) is 5.87. The van der Waals surface area contributed by atoms with Gasteiger partial charge in [-0.3, -0.25) is 14.9 Å². The lowest BCUT2D eigenvalue weighted by atomic mass is 10.1. The third-order valence-electron chi connectivity index (χ3n) is 3.26. The van der Waals surface area contributed by atoms with Crippen LogP contribution >= 0.6 is 0 Å². The van der Waals surface area contributed by atoms with E-state index in [1.807, 2.05) is 20.8 Å². The zero-order valence-corrected chi connectivity index (χ0v) is 13.4. The van der Waals surface area contributed by atoms with Crippen LogP contribution in [-0.4, -0.2) is 20.7 Å². The fraction of sp³-hybridized carbons (Fsp3) is 0.375. The molecule has 0 aliphatic heterocycles. The summed E-state index contributed by atoms with van der Waals surface area (Å²) in [6, 6.07) is 7.66. The van der Waals surface area contributed by atoms with Crippen LogP contribution in [-0.2, 0) is 4.79 Å². The minimum Gasteiger partial charge on any atom is -0.407 e. The Morgan fingerprint density at radius 2 is 2.00 bits per heavy atom. The van der Waals surface area contributed by atoms with Crippen molar-refractivity contribution in [3.63, 3.8) is 0 Å². The number of aromatic nitrogens is 2. The Morgan fingerprint density at radius 3 is 2.52 bits per heavy atom. The Morgan fingerprint density at radius 1 is 1.35 bits per heavy atom.